The van der Waals surface area contributed by atoms with Crippen LogP contribution in [0.1, 0.15) is 23.2 Å². The number of rotatable bonds is 3. The fourth-order valence-electron chi connectivity index (χ4n) is 1.79. The predicted molar refractivity (Wildman–Crippen MR) is 54.5 cm³/mol. The topological polar surface area (TPSA) is 70.2 Å². The molecule has 0 atom stereocenters. The molecule has 2 N–H and O–H groups in total. The second-order valence-electron chi connectivity index (χ2n) is 3.55. The normalized spacial score (nSPS) is 13.6. The van der Waals surface area contributed by atoms with Gasteiger partial charge in [0.15, 0.2) is 0 Å². The van der Waals surface area contributed by atoms with E-state index in [1.807, 2.05) is 6.08 Å². The zero-order chi connectivity index (χ0) is 10.8. The molecule has 0 saturated carbocycles. The van der Waals surface area contributed by atoms with Crippen molar-refractivity contribution in [2.24, 2.45) is 0 Å². The van der Waals surface area contributed by atoms with Gasteiger partial charge >= 0.3 is 5.97 Å². The molecule has 0 bridgehead atoms. The molecule has 0 radical (unpaired) electrons. The molecule has 0 aromatic carbocycles. The van der Waals surface area contributed by atoms with E-state index in [4.69, 9.17) is 5.11 Å². The minimum absolute atomic E-state index is 0.0188. The Balaban J connectivity index is 2.23. The number of fused-ring (bicyclic) bond motifs is 1. The van der Waals surface area contributed by atoms with Gasteiger partial charge in [0.1, 0.15) is 0 Å². The third-order valence-electron chi connectivity index (χ3n) is 2.55. The van der Waals surface area contributed by atoms with E-state index in [1.54, 1.807) is 6.20 Å². The molecule has 0 spiro atoms. The average Bonchev–Trinajstić information content (AvgIpc) is 2.62. The highest BCUT2D eigenvalue weighted by molar-refractivity contribution is 6.33. The number of ketones is 1. The lowest BCUT2D eigenvalue weighted by molar-refractivity contribution is -0.148. The molecule has 0 saturated heterocycles. The molecule has 0 unspecified atom stereocenters. The molecule has 0 aliphatic heterocycles. The average molecular weight is 205 g/mol. The molecule has 1 aromatic rings. The van der Waals surface area contributed by atoms with Crippen LogP contribution >= 0.6 is 0 Å². The van der Waals surface area contributed by atoms with Crippen LogP contribution in [0.5, 0.6) is 0 Å². The Hall–Kier alpha value is -1.84. The Morgan fingerprint density at radius 2 is 2.27 bits per heavy atom. The Morgan fingerprint density at radius 1 is 1.47 bits per heavy atom. The smallest absolute Gasteiger partial charge is 0.372 e. The van der Waals surface area contributed by atoms with Crippen LogP contribution in [0.25, 0.3) is 6.08 Å². The summed E-state index contributed by atoms with van der Waals surface area (Å²) < 4.78 is 0. The van der Waals surface area contributed by atoms with E-state index >= 15 is 0 Å². The van der Waals surface area contributed by atoms with E-state index in [-0.39, 0.29) is 6.42 Å². The van der Waals surface area contributed by atoms with Gasteiger partial charge in [-0.2, -0.15) is 0 Å². The maximum Gasteiger partial charge on any atom is 0.372 e. The molecule has 15 heavy (non-hydrogen) atoms. The van der Waals surface area contributed by atoms with Gasteiger partial charge in [-0.3, -0.25) is 4.79 Å². The number of hydrogen-bond donors (Lipinski definition) is 2. The number of carboxylic acid groups (broad SMARTS) is 1. The van der Waals surface area contributed by atoms with Gasteiger partial charge in [0.05, 0.1) is 0 Å². The van der Waals surface area contributed by atoms with Gasteiger partial charge in [0.2, 0.25) is 5.78 Å². The van der Waals surface area contributed by atoms with E-state index < -0.39 is 11.8 Å². The van der Waals surface area contributed by atoms with Crippen LogP contribution in [0.4, 0.5) is 0 Å². The molecule has 78 valence electrons. The lowest BCUT2D eigenvalue weighted by atomic mass is 9.98. The summed E-state index contributed by atoms with van der Waals surface area (Å²) in [5.74, 6) is -2.12. The first-order valence-corrected chi connectivity index (χ1v) is 4.80. The lowest BCUT2D eigenvalue weighted by Gasteiger charge is -2.06. The number of allylic oxidation sites excluding steroid dienone is 1. The zero-order valence-corrected chi connectivity index (χ0v) is 8.12. The summed E-state index contributed by atoms with van der Waals surface area (Å²) >= 11 is 0. The first-order chi connectivity index (χ1) is 7.18. The molecule has 2 rings (SSSR count). The summed E-state index contributed by atoms with van der Waals surface area (Å²) in [7, 11) is 0. The van der Waals surface area contributed by atoms with Gasteiger partial charge in [0, 0.05) is 18.3 Å². The number of carbonyl (C=O) groups excluding carboxylic acids is 1. The van der Waals surface area contributed by atoms with E-state index in [0.717, 1.165) is 29.7 Å². The quantitative estimate of drug-likeness (QED) is 0.728. The summed E-state index contributed by atoms with van der Waals surface area (Å²) in [6, 6.07) is 0. The largest absolute Gasteiger partial charge is 0.475 e. The number of carbonyl (C=O) groups is 2. The van der Waals surface area contributed by atoms with Crippen molar-refractivity contribution in [2.45, 2.75) is 19.3 Å². The third kappa shape index (κ3) is 1.83. The van der Waals surface area contributed by atoms with Crippen molar-refractivity contribution in [1.29, 1.82) is 0 Å². The highest BCUT2D eigenvalue weighted by Gasteiger charge is 2.17. The predicted octanol–water partition coefficient (Wildman–Crippen LogP) is 1.17. The Labute approximate surface area is 86.6 Å². The number of Topliss-reactive ketones (excluding diaryl/α,β-unsaturated/α-hetero) is 1. The van der Waals surface area contributed by atoms with Crippen molar-refractivity contribution < 1.29 is 14.7 Å². The van der Waals surface area contributed by atoms with Crippen molar-refractivity contribution in [3.05, 3.63) is 29.1 Å². The number of hydrogen-bond acceptors (Lipinski definition) is 2. The fraction of sp³-hybridized carbons (Fsp3) is 0.273. The molecule has 1 aromatic heterocycles. The molecule has 1 aliphatic carbocycles. The summed E-state index contributed by atoms with van der Waals surface area (Å²) in [6.07, 6.45) is 7.54. The molecule has 4 heteroatoms. The number of aromatic nitrogens is 1. The number of H-pyrrole nitrogens is 1. The first-order valence-electron chi connectivity index (χ1n) is 4.80. The molecule has 1 aliphatic rings. The summed E-state index contributed by atoms with van der Waals surface area (Å²) in [6.45, 7) is 0. The highest BCUT2D eigenvalue weighted by atomic mass is 16.4. The van der Waals surface area contributed by atoms with E-state index in [9.17, 15) is 9.59 Å². The number of carboxylic acids is 1. The number of aliphatic carboxylic acids is 1. The minimum Gasteiger partial charge on any atom is -0.475 e. The second kappa shape index (κ2) is 3.73. The molecule has 1 heterocycles. The van der Waals surface area contributed by atoms with Crippen LogP contribution in [0.3, 0.4) is 0 Å². The highest BCUT2D eigenvalue weighted by Crippen LogP contribution is 2.22. The molecule has 4 nitrogen and oxygen atoms in total. The van der Waals surface area contributed by atoms with Crippen LogP contribution in [0.15, 0.2) is 12.3 Å². The zero-order valence-electron chi connectivity index (χ0n) is 8.12. The van der Waals surface area contributed by atoms with Gasteiger partial charge in [-0.1, -0.05) is 6.08 Å². The summed E-state index contributed by atoms with van der Waals surface area (Å²) in [4.78, 5) is 24.5. The lowest BCUT2D eigenvalue weighted by Crippen LogP contribution is -2.15. The maximum atomic E-state index is 11.1. The fourth-order valence-corrected chi connectivity index (χ4v) is 1.79. The Morgan fingerprint density at radius 3 is 3.00 bits per heavy atom. The Kier molecular flexibility index (Phi) is 2.41. The van der Waals surface area contributed by atoms with E-state index in [1.165, 1.54) is 0 Å². The summed E-state index contributed by atoms with van der Waals surface area (Å²) in [5, 5.41) is 8.51. The van der Waals surface area contributed by atoms with Crippen molar-refractivity contribution >= 4 is 17.8 Å². The van der Waals surface area contributed by atoms with Gasteiger partial charge in [-0.25, -0.2) is 4.79 Å². The van der Waals surface area contributed by atoms with Gasteiger partial charge < -0.3 is 10.1 Å². The van der Waals surface area contributed by atoms with Crippen LogP contribution in [-0.2, 0) is 22.4 Å². The van der Waals surface area contributed by atoms with E-state index in [0.29, 0.717) is 0 Å². The first kappa shape index (κ1) is 9.71. The monoisotopic (exact) mass is 205 g/mol. The number of aromatic amines is 1. The van der Waals surface area contributed by atoms with Crippen molar-refractivity contribution in [2.75, 3.05) is 0 Å². The third-order valence-corrected chi connectivity index (χ3v) is 2.55. The van der Waals surface area contributed by atoms with Crippen molar-refractivity contribution in [3.8, 4) is 0 Å². The van der Waals surface area contributed by atoms with Gasteiger partial charge in [-0.05, 0) is 30.0 Å². The molecular weight excluding hydrogens is 194 g/mol. The van der Waals surface area contributed by atoms with Gasteiger partial charge in [-0.15, -0.1) is 0 Å². The molecule has 0 amide bonds. The van der Waals surface area contributed by atoms with Crippen molar-refractivity contribution in [1.82, 2.24) is 4.98 Å². The second-order valence-corrected chi connectivity index (χ2v) is 3.55. The number of nitrogens with one attached hydrogen (secondary N) is 1. The van der Waals surface area contributed by atoms with Crippen LogP contribution < -0.4 is 0 Å². The Bertz CT molecular complexity index is 443. The van der Waals surface area contributed by atoms with Crippen molar-refractivity contribution in [3.63, 3.8) is 0 Å². The van der Waals surface area contributed by atoms with E-state index in [2.05, 4.69) is 11.1 Å². The SMILES string of the molecule is O=C(O)C(=O)Cc1c[nH]c2c1CCC=C2. The van der Waals surface area contributed by atoms with Gasteiger partial charge in [0.25, 0.3) is 0 Å². The van der Waals surface area contributed by atoms with Crippen LogP contribution in [-0.4, -0.2) is 21.8 Å². The summed E-state index contributed by atoms with van der Waals surface area (Å²) in [5.41, 5.74) is 2.88. The standard InChI is InChI=1S/C11H11NO3/c13-10(11(14)15)5-7-6-12-9-4-2-1-3-8(7)9/h2,4,6,12H,1,3,5H2,(H,14,15). The maximum absolute atomic E-state index is 11.1. The van der Waals surface area contributed by atoms with Crippen LogP contribution in [0.2, 0.25) is 0 Å². The van der Waals surface area contributed by atoms with Crippen LogP contribution in [0, 0.1) is 0 Å². The molecular formula is C11H11NO3. The minimum atomic E-state index is -1.36. The molecule has 0 fully saturated rings.